The predicted molar refractivity (Wildman–Crippen MR) is 100 cm³/mol. The molecule has 4 rings (SSSR count). The van der Waals surface area contributed by atoms with Gasteiger partial charge in [-0.25, -0.2) is 0 Å². The highest BCUT2D eigenvalue weighted by Crippen LogP contribution is 2.41. The number of hydrogen-bond donors (Lipinski definition) is 1. The van der Waals surface area contributed by atoms with Crippen molar-refractivity contribution < 1.29 is 9.21 Å². The smallest absolute Gasteiger partial charge is 0.231 e. The molecule has 0 radical (unpaired) electrons. The van der Waals surface area contributed by atoms with E-state index in [2.05, 4.69) is 25.0 Å². The Kier molecular flexibility index (Phi) is 5.19. The predicted octanol–water partition coefficient (Wildman–Crippen LogP) is 3.17. The van der Waals surface area contributed by atoms with E-state index < -0.39 is 0 Å². The number of nitrogens with zero attached hydrogens (tertiary/aromatic N) is 4. The molecule has 1 aliphatic heterocycles. The summed E-state index contributed by atoms with van der Waals surface area (Å²) in [6, 6.07) is 4.05. The second-order valence-electron chi connectivity index (χ2n) is 7.02. The maximum Gasteiger partial charge on any atom is 0.231 e. The second kappa shape index (κ2) is 7.73. The van der Waals surface area contributed by atoms with E-state index in [-0.39, 0.29) is 11.9 Å². The molecule has 7 nitrogen and oxygen atoms in total. The van der Waals surface area contributed by atoms with Gasteiger partial charge in [-0.05, 0) is 51.2 Å². The minimum Gasteiger partial charge on any atom is -0.467 e. The zero-order chi connectivity index (χ0) is 17.9. The lowest BCUT2D eigenvalue weighted by molar-refractivity contribution is -0.119. The maximum atomic E-state index is 12.3. The zero-order valence-corrected chi connectivity index (χ0v) is 15.9. The first-order valence-corrected chi connectivity index (χ1v) is 10.4. The largest absolute Gasteiger partial charge is 0.467 e. The van der Waals surface area contributed by atoms with Crippen LogP contribution in [0.5, 0.6) is 0 Å². The molecule has 0 spiro atoms. The van der Waals surface area contributed by atoms with Crippen molar-refractivity contribution in [3.8, 4) is 0 Å². The first kappa shape index (κ1) is 17.5. The Morgan fingerprint density at radius 2 is 2.15 bits per heavy atom. The third kappa shape index (κ3) is 3.90. The topological polar surface area (TPSA) is 76.2 Å². The molecule has 3 heterocycles. The van der Waals surface area contributed by atoms with Gasteiger partial charge >= 0.3 is 0 Å². The standard InChI is InChI=1S/C18H25N5O2S/c1-13(15-6-5-11-25-15)19-16(24)12-26-18-21-20-17(23(18)14-7-8-14)22-9-3-2-4-10-22/h5-6,11,13-14H,2-4,7-10,12H2,1H3,(H,19,24). The minimum atomic E-state index is -0.136. The molecule has 2 fully saturated rings. The van der Waals surface area contributed by atoms with Crippen LogP contribution in [0.3, 0.4) is 0 Å². The van der Waals surface area contributed by atoms with E-state index in [1.807, 2.05) is 19.1 Å². The van der Waals surface area contributed by atoms with Gasteiger partial charge in [-0.15, -0.1) is 10.2 Å². The Morgan fingerprint density at radius 3 is 2.85 bits per heavy atom. The number of furan rings is 1. The number of amides is 1. The monoisotopic (exact) mass is 375 g/mol. The van der Waals surface area contributed by atoms with Gasteiger partial charge in [0.1, 0.15) is 5.76 Å². The van der Waals surface area contributed by atoms with Gasteiger partial charge in [0.15, 0.2) is 5.16 Å². The summed E-state index contributed by atoms with van der Waals surface area (Å²) in [5.41, 5.74) is 0. The first-order chi connectivity index (χ1) is 12.7. The number of piperidine rings is 1. The van der Waals surface area contributed by atoms with Crippen LogP contribution < -0.4 is 10.2 Å². The van der Waals surface area contributed by atoms with Crippen LogP contribution in [-0.2, 0) is 4.79 Å². The van der Waals surface area contributed by atoms with Gasteiger partial charge in [0.2, 0.25) is 11.9 Å². The lowest BCUT2D eigenvalue weighted by Gasteiger charge is -2.27. The van der Waals surface area contributed by atoms with Gasteiger partial charge in [-0.2, -0.15) is 0 Å². The number of rotatable bonds is 7. The van der Waals surface area contributed by atoms with Gasteiger partial charge in [0.05, 0.1) is 18.1 Å². The van der Waals surface area contributed by atoms with E-state index in [0.717, 1.165) is 30.0 Å². The molecular formula is C18H25N5O2S. The molecule has 1 atom stereocenters. The number of aromatic nitrogens is 3. The van der Waals surface area contributed by atoms with Crippen molar-refractivity contribution in [1.82, 2.24) is 20.1 Å². The fourth-order valence-corrected chi connectivity index (χ4v) is 4.16. The molecule has 2 aromatic heterocycles. The average molecular weight is 375 g/mol. The van der Waals surface area contributed by atoms with E-state index in [9.17, 15) is 4.79 Å². The Balaban J connectivity index is 1.38. The number of anilines is 1. The summed E-state index contributed by atoms with van der Waals surface area (Å²) in [6.45, 7) is 4.02. The van der Waals surface area contributed by atoms with Crippen molar-refractivity contribution >= 4 is 23.6 Å². The molecule has 1 unspecified atom stereocenters. The highest BCUT2D eigenvalue weighted by atomic mass is 32.2. The van der Waals surface area contributed by atoms with E-state index in [1.165, 1.54) is 43.9 Å². The molecular weight excluding hydrogens is 350 g/mol. The summed E-state index contributed by atoms with van der Waals surface area (Å²) in [7, 11) is 0. The fraction of sp³-hybridized carbons (Fsp3) is 0.611. The second-order valence-corrected chi connectivity index (χ2v) is 7.97. The average Bonchev–Trinajstić information content (AvgIpc) is 3.18. The fourth-order valence-electron chi connectivity index (χ4n) is 3.35. The Bertz CT molecular complexity index is 735. The van der Waals surface area contributed by atoms with Gasteiger partial charge in [0, 0.05) is 19.1 Å². The Labute approximate surface area is 157 Å². The summed E-state index contributed by atoms with van der Waals surface area (Å²) in [5.74, 6) is 2.05. The van der Waals surface area contributed by atoms with Gasteiger partial charge in [-0.1, -0.05) is 11.8 Å². The molecule has 1 saturated carbocycles. The van der Waals surface area contributed by atoms with Crippen molar-refractivity contribution in [3.63, 3.8) is 0 Å². The van der Waals surface area contributed by atoms with Crippen LogP contribution in [0.15, 0.2) is 28.0 Å². The molecule has 2 aromatic rings. The Morgan fingerprint density at radius 1 is 1.35 bits per heavy atom. The number of thioether (sulfide) groups is 1. The molecule has 0 aromatic carbocycles. The summed E-state index contributed by atoms with van der Waals surface area (Å²) in [5, 5.41) is 12.7. The maximum absolute atomic E-state index is 12.3. The van der Waals surface area contributed by atoms with Crippen molar-refractivity contribution in [3.05, 3.63) is 24.2 Å². The highest BCUT2D eigenvalue weighted by Gasteiger charge is 2.32. The van der Waals surface area contributed by atoms with Crippen LogP contribution >= 0.6 is 11.8 Å². The summed E-state index contributed by atoms with van der Waals surface area (Å²) >= 11 is 1.47. The Hall–Kier alpha value is -1.96. The van der Waals surface area contributed by atoms with Crippen LogP contribution in [-0.4, -0.2) is 39.5 Å². The SMILES string of the molecule is CC(NC(=O)CSc1nnc(N2CCCCC2)n1C1CC1)c1ccco1. The number of nitrogens with one attached hydrogen (secondary N) is 1. The molecule has 0 bridgehead atoms. The van der Waals surface area contributed by atoms with Crippen LogP contribution in [0.25, 0.3) is 0 Å². The van der Waals surface area contributed by atoms with Crippen molar-refractivity contribution in [2.45, 2.75) is 56.3 Å². The van der Waals surface area contributed by atoms with Crippen LogP contribution in [0.1, 0.15) is 56.9 Å². The van der Waals surface area contributed by atoms with Gasteiger partial charge in [-0.3, -0.25) is 9.36 Å². The van der Waals surface area contributed by atoms with Crippen molar-refractivity contribution in [2.75, 3.05) is 23.7 Å². The summed E-state index contributed by atoms with van der Waals surface area (Å²) in [4.78, 5) is 14.6. The molecule has 1 saturated heterocycles. The normalized spacial score (nSPS) is 18.7. The molecule has 1 N–H and O–H groups in total. The quantitative estimate of drug-likeness (QED) is 0.749. The third-order valence-electron chi connectivity index (χ3n) is 4.88. The summed E-state index contributed by atoms with van der Waals surface area (Å²) < 4.78 is 7.58. The number of carbonyl (C=O) groups is 1. The summed E-state index contributed by atoms with van der Waals surface area (Å²) in [6.07, 6.45) is 7.69. The van der Waals surface area contributed by atoms with E-state index >= 15 is 0 Å². The van der Waals surface area contributed by atoms with Crippen LogP contribution in [0.4, 0.5) is 5.95 Å². The van der Waals surface area contributed by atoms with Crippen LogP contribution in [0.2, 0.25) is 0 Å². The molecule has 26 heavy (non-hydrogen) atoms. The molecule has 2 aliphatic rings. The van der Waals surface area contributed by atoms with Crippen molar-refractivity contribution in [2.24, 2.45) is 0 Å². The molecule has 1 aliphatic carbocycles. The molecule has 8 heteroatoms. The molecule has 140 valence electrons. The lowest BCUT2D eigenvalue weighted by atomic mass is 10.1. The first-order valence-electron chi connectivity index (χ1n) is 9.38. The van der Waals surface area contributed by atoms with E-state index in [4.69, 9.17) is 4.42 Å². The number of hydrogen-bond acceptors (Lipinski definition) is 6. The zero-order valence-electron chi connectivity index (χ0n) is 15.1. The minimum absolute atomic E-state index is 0.0243. The van der Waals surface area contributed by atoms with Gasteiger partial charge < -0.3 is 14.6 Å². The van der Waals surface area contributed by atoms with Gasteiger partial charge in [0.25, 0.3) is 0 Å². The van der Waals surface area contributed by atoms with E-state index in [0.29, 0.717) is 11.8 Å². The van der Waals surface area contributed by atoms with Crippen molar-refractivity contribution in [1.29, 1.82) is 0 Å². The third-order valence-corrected chi connectivity index (χ3v) is 5.82. The lowest BCUT2D eigenvalue weighted by Crippen LogP contribution is -2.32. The number of carbonyl (C=O) groups excluding carboxylic acids is 1. The molecule has 1 amide bonds. The van der Waals surface area contributed by atoms with Crippen LogP contribution in [0, 0.1) is 0 Å². The van der Waals surface area contributed by atoms with E-state index in [1.54, 1.807) is 6.26 Å². The highest BCUT2D eigenvalue weighted by molar-refractivity contribution is 7.99.